The largest absolute Gasteiger partial charge is 0.282 e. The Morgan fingerprint density at radius 2 is 1.45 bits per heavy atom. The van der Waals surface area contributed by atoms with Gasteiger partial charge in [0.05, 0.1) is 6.04 Å². The molecule has 4 atom stereocenters. The second-order valence-electron chi connectivity index (χ2n) is 11.0. The van der Waals surface area contributed by atoms with Gasteiger partial charge in [-0.25, -0.2) is 0 Å². The zero-order chi connectivity index (χ0) is 21.5. The minimum Gasteiger partial charge on any atom is -0.282 e. The number of hydrogen-bond acceptors (Lipinski definition) is 2. The van der Waals surface area contributed by atoms with Gasteiger partial charge in [-0.2, -0.15) is 0 Å². The van der Waals surface area contributed by atoms with Gasteiger partial charge in [-0.3, -0.25) is 9.10 Å². The van der Waals surface area contributed by atoms with E-state index in [0.29, 0.717) is 23.3 Å². The van der Waals surface area contributed by atoms with Gasteiger partial charge in [0.25, 0.3) is 0 Å². The molecule has 2 rings (SSSR count). The van der Waals surface area contributed by atoms with Crippen LogP contribution >= 0.6 is 11.9 Å². The average molecular weight is 813 g/mol. The Morgan fingerprint density at radius 1 is 0.968 bits per heavy atom. The molecule has 0 N–H and O–H groups in total. The molecule has 1 amide bonds. The zero-order valence-corrected chi connectivity index (χ0v) is 31.3. The topological polar surface area (TPSA) is 20.3 Å². The number of carbonyl (C=O) groups is 1. The molecule has 3 radical (unpaired) electrons. The Kier molecular flexibility index (Phi) is 13.9. The Bertz CT molecular complexity index is 518. The summed E-state index contributed by atoms with van der Waals surface area (Å²) >= 11 is 1.82. The fraction of sp³-hybridized carbons (Fsp3) is 0.962. The molecule has 1 aliphatic heterocycles. The summed E-state index contributed by atoms with van der Waals surface area (Å²) < 4.78 is 2.20. The van der Waals surface area contributed by atoms with E-state index in [0.717, 1.165) is 12.2 Å². The van der Waals surface area contributed by atoms with Gasteiger partial charge in [-0.05, 0) is 36.1 Å². The van der Waals surface area contributed by atoms with Crippen LogP contribution in [0.3, 0.4) is 0 Å². The maximum Gasteiger partial charge on any atom is 0.235 e. The number of fused-ring (bicyclic) bond motifs is 1. The smallest absolute Gasteiger partial charge is 0.235 e. The van der Waals surface area contributed by atoms with Crippen LogP contribution in [0.2, 0.25) is 0 Å². The third-order valence-electron chi connectivity index (χ3n) is 8.68. The van der Waals surface area contributed by atoms with Crippen molar-refractivity contribution in [2.24, 2.45) is 22.7 Å². The first kappa shape index (κ1) is 30.6. The first-order valence-corrected chi connectivity index (χ1v) is 13.7. The predicted octanol–water partition coefficient (Wildman–Crippen LogP) is 7.87. The van der Waals surface area contributed by atoms with Gasteiger partial charge < -0.3 is 0 Å². The van der Waals surface area contributed by atoms with Crippen LogP contribution < -0.4 is 0 Å². The van der Waals surface area contributed by atoms with Crippen molar-refractivity contribution in [1.29, 1.82) is 0 Å². The first-order chi connectivity index (χ1) is 13.8. The maximum atomic E-state index is 13.2. The summed E-state index contributed by atoms with van der Waals surface area (Å²) in [4.78, 5) is 13.2. The Hall–Kier alpha value is -0.362. The summed E-state index contributed by atoms with van der Waals surface area (Å²) in [6.45, 7) is 14.1. The molecule has 0 aromatic heterocycles. The molecule has 0 aromatic carbocycles. The SMILES string of the molecule is CCCCCCCCCCCCCC(C)C(=O)N1SCC2(C)C1CC(C)C2(C)C.[Rf].[Sb]. The molecule has 2 nitrogen and oxygen atoms in total. The summed E-state index contributed by atoms with van der Waals surface area (Å²) in [5.74, 6) is 2.38. The van der Waals surface area contributed by atoms with E-state index in [1.807, 2.05) is 11.9 Å². The van der Waals surface area contributed by atoms with Gasteiger partial charge in [-0.1, -0.05) is 112 Å². The van der Waals surface area contributed by atoms with Gasteiger partial charge in [0.2, 0.25) is 5.91 Å². The molecule has 2 fully saturated rings. The van der Waals surface area contributed by atoms with E-state index in [2.05, 4.69) is 45.8 Å². The van der Waals surface area contributed by atoms with Crippen LogP contribution in [0.5, 0.6) is 0 Å². The van der Waals surface area contributed by atoms with Crippen LogP contribution in [-0.2, 0) is 4.79 Å². The van der Waals surface area contributed by atoms with E-state index >= 15 is 0 Å². The number of carbonyl (C=O) groups excluding carboxylic acids is 1. The quantitative estimate of drug-likeness (QED) is 0.107. The maximum absolute atomic E-state index is 13.2. The Balaban J connectivity index is 0.00000450. The second-order valence-corrected chi connectivity index (χ2v) is 11.9. The number of unbranched alkanes of at least 4 members (excludes halogenated alkanes) is 10. The summed E-state index contributed by atoms with van der Waals surface area (Å²) in [5.41, 5.74) is 0.585. The second kappa shape index (κ2) is 14.0. The fourth-order valence-corrected chi connectivity index (χ4v) is 7.26. The molecule has 1 aliphatic carbocycles. The molecule has 31 heavy (non-hydrogen) atoms. The molecule has 4 unspecified atom stereocenters. The number of hydrogen-bond donors (Lipinski definition) is 0. The van der Waals surface area contributed by atoms with Crippen molar-refractivity contribution in [3.63, 3.8) is 0 Å². The van der Waals surface area contributed by atoms with E-state index in [-0.39, 0.29) is 35.8 Å². The van der Waals surface area contributed by atoms with E-state index < -0.39 is 0 Å². The summed E-state index contributed by atoms with van der Waals surface area (Å²) in [7, 11) is 0. The molecule has 1 saturated heterocycles. The number of nitrogens with zero attached hydrogens (tertiary/aromatic N) is 1. The van der Waals surface area contributed by atoms with Gasteiger partial charge in [0, 0.05) is 41.5 Å². The van der Waals surface area contributed by atoms with E-state index in [1.165, 1.54) is 77.0 Å². The standard InChI is InChI=1S/C26H49NOS.Rf.Sb/c1-7-8-9-10-11-12-13-14-15-16-17-18-21(2)24(28)27-23-19-22(3)25(4,5)26(23,6)20-29-27;;/h21-23H,7-20H2,1-6H3;;. The molecule has 5 heteroatoms. The molecule has 2 aliphatic rings. The van der Waals surface area contributed by atoms with Crippen molar-refractivity contribution in [3.8, 4) is 0 Å². The number of rotatable bonds is 13. The van der Waals surface area contributed by atoms with E-state index in [4.69, 9.17) is 0 Å². The first-order valence-electron chi connectivity index (χ1n) is 12.7. The molecule has 1 heterocycles. The van der Waals surface area contributed by atoms with Crippen LogP contribution in [0.4, 0.5) is 0 Å². The van der Waals surface area contributed by atoms with Gasteiger partial charge in [-0.15, -0.1) is 0 Å². The van der Waals surface area contributed by atoms with E-state index in [1.54, 1.807) is 0 Å². The summed E-state index contributed by atoms with van der Waals surface area (Å²) in [6.07, 6.45) is 17.3. The van der Waals surface area contributed by atoms with Gasteiger partial charge in [0.1, 0.15) is 0 Å². The van der Waals surface area contributed by atoms with Crippen LogP contribution in [0, 0.1) is 22.7 Å². The minimum absolute atomic E-state index is 0. The summed E-state index contributed by atoms with van der Waals surface area (Å²) in [5, 5.41) is 0. The normalized spacial score (nSPS) is 27.4. The molecule has 0 aromatic rings. The van der Waals surface area contributed by atoms with Crippen molar-refractivity contribution in [1.82, 2.24) is 4.31 Å². The van der Waals surface area contributed by atoms with Crippen molar-refractivity contribution in [3.05, 3.63) is 0 Å². The van der Waals surface area contributed by atoms with Crippen LogP contribution in [0.1, 0.15) is 125 Å². The average Bonchev–Trinajstić information content (AvgIpc) is 3.10. The Morgan fingerprint density at radius 3 is 1.97 bits per heavy atom. The van der Waals surface area contributed by atoms with Crippen molar-refractivity contribution < 1.29 is 4.79 Å². The molecular formula is C26H49NORfSSb. The van der Waals surface area contributed by atoms with Crippen LogP contribution in [0.25, 0.3) is 0 Å². The molecule has 177 valence electrons. The van der Waals surface area contributed by atoms with Crippen molar-refractivity contribution >= 4 is 42.3 Å². The van der Waals surface area contributed by atoms with Gasteiger partial charge >= 0.3 is 0 Å². The predicted molar refractivity (Wildman–Crippen MR) is 135 cm³/mol. The molecule has 0 spiro atoms. The monoisotopic (exact) mass is 811 g/mol. The third kappa shape index (κ3) is 7.31. The van der Waals surface area contributed by atoms with Crippen molar-refractivity contribution in [2.75, 3.05) is 5.75 Å². The molecule has 0 bridgehead atoms. The Labute approximate surface area is 210 Å². The fourth-order valence-electron chi connectivity index (χ4n) is 5.48. The molecule has 1 saturated carbocycles. The summed E-state index contributed by atoms with van der Waals surface area (Å²) in [6, 6.07) is 0.435. The third-order valence-corrected chi connectivity index (χ3v) is 10.1. The minimum atomic E-state index is 0. The van der Waals surface area contributed by atoms with Crippen LogP contribution in [0.15, 0.2) is 0 Å². The van der Waals surface area contributed by atoms with Gasteiger partial charge in [0.15, 0.2) is 0 Å². The zero-order valence-electron chi connectivity index (χ0n) is 21.5. The van der Waals surface area contributed by atoms with Crippen LogP contribution in [-0.4, -0.2) is 46.4 Å². The van der Waals surface area contributed by atoms with E-state index in [9.17, 15) is 4.79 Å². The number of amides is 1. The molecular weight excluding hydrogens is 763 g/mol. The van der Waals surface area contributed by atoms with Crippen molar-refractivity contribution in [2.45, 2.75) is 131 Å².